The summed E-state index contributed by atoms with van der Waals surface area (Å²) in [5, 5.41) is 9.56. The van der Waals surface area contributed by atoms with Crippen molar-refractivity contribution in [3.63, 3.8) is 0 Å². The molecule has 1 saturated heterocycles. The van der Waals surface area contributed by atoms with Crippen molar-refractivity contribution in [2.24, 2.45) is 5.92 Å². The molecular weight excluding hydrogens is 222 g/mol. The van der Waals surface area contributed by atoms with E-state index in [2.05, 4.69) is 29.2 Å². The maximum Gasteiger partial charge on any atom is 0.0474 e. The highest BCUT2D eigenvalue weighted by molar-refractivity contribution is 5.15. The van der Waals surface area contributed by atoms with Crippen molar-refractivity contribution in [2.75, 3.05) is 26.2 Å². The minimum Gasteiger partial charge on any atom is -0.396 e. The van der Waals surface area contributed by atoms with Crippen LogP contribution in [-0.4, -0.2) is 36.2 Å². The third-order valence-electron chi connectivity index (χ3n) is 3.84. The van der Waals surface area contributed by atoms with Gasteiger partial charge in [-0.1, -0.05) is 43.2 Å². The molecule has 0 saturated carbocycles. The first-order chi connectivity index (χ1) is 8.88. The summed E-state index contributed by atoms with van der Waals surface area (Å²) < 4.78 is 0. The molecule has 2 rings (SSSR count). The molecule has 100 valence electrons. The van der Waals surface area contributed by atoms with Gasteiger partial charge in [-0.2, -0.15) is 0 Å². The fraction of sp³-hybridized carbons (Fsp3) is 0.625. The van der Waals surface area contributed by atoms with E-state index in [9.17, 15) is 5.11 Å². The first-order valence-corrected chi connectivity index (χ1v) is 7.25. The Morgan fingerprint density at radius 1 is 1.00 bits per heavy atom. The Balaban J connectivity index is 1.84. The van der Waals surface area contributed by atoms with Crippen molar-refractivity contribution in [3.8, 4) is 0 Å². The SMILES string of the molecule is OCC(Cc1ccccc1)CN1CCCCCC1. The fourth-order valence-corrected chi connectivity index (χ4v) is 2.82. The molecule has 2 nitrogen and oxygen atoms in total. The summed E-state index contributed by atoms with van der Waals surface area (Å²) in [6, 6.07) is 10.5. The zero-order chi connectivity index (χ0) is 12.6. The second-order valence-electron chi connectivity index (χ2n) is 5.45. The van der Waals surface area contributed by atoms with Crippen LogP contribution in [0.5, 0.6) is 0 Å². The van der Waals surface area contributed by atoms with Gasteiger partial charge in [-0.25, -0.2) is 0 Å². The Morgan fingerprint density at radius 2 is 1.67 bits per heavy atom. The summed E-state index contributed by atoms with van der Waals surface area (Å²) in [5.74, 6) is 0.380. The number of nitrogens with zero attached hydrogens (tertiary/aromatic N) is 1. The second kappa shape index (κ2) is 7.55. The normalized spacial score (nSPS) is 19.4. The maximum atomic E-state index is 9.56. The number of benzene rings is 1. The minimum atomic E-state index is 0.297. The molecule has 1 aromatic carbocycles. The van der Waals surface area contributed by atoms with Crippen LogP contribution >= 0.6 is 0 Å². The third kappa shape index (κ3) is 4.43. The average molecular weight is 247 g/mol. The van der Waals surface area contributed by atoms with Gasteiger partial charge in [0.15, 0.2) is 0 Å². The van der Waals surface area contributed by atoms with E-state index in [0.29, 0.717) is 12.5 Å². The highest BCUT2D eigenvalue weighted by Gasteiger charge is 2.15. The molecule has 0 aliphatic carbocycles. The zero-order valence-corrected chi connectivity index (χ0v) is 11.2. The Bertz CT molecular complexity index is 317. The number of rotatable bonds is 5. The van der Waals surface area contributed by atoms with Gasteiger partial charge in [0.1, 0.15) is 0 Å². The smallest absolute Gasteiger partial charge is 0.0474 e. The van der Waals surface area contributed by atoms with Gasteiger partial charge in [0, 0.05) is 13.2 Å². The molecule has 1 aliphatic heterocycles. The summed E-state index contributed by atoms with van der Waals surface area (Å²) in [7, 11) is 0. The van der Waals surface area contributed by atoms with Crippen LogP contribution in [0, 0.1) is 5.92 Å². The standard InChI is InChI=1S/C16H25NO/c18-14-16(12-15-8-4-3-5-9-15)13-17-10-6-1-2-7-11-17/h3-5,8-9,16,18H,1-2,6-7,10-14H2. The Labute approximate surface area is 111 Å². The predicted octanol–water partition coefficient (Wildman–Crippen LogP) is 2.71. The molecule has 1 aromatic rings. The Morgan fingerprint density at radius 3 is 2.28 bits per heavy atom. The van der Waals surface area contributed by atoms with Gasteiger partial charge in [0.2, 0.25) is 0 Å². The van der Waals surface area contributed by atoms with Gasteiger partial charge in [-0.05, 0) is 43.8 Å². The minimum absolute atomic E-state index is 0.297. The van der Waals surface area contributed by atoms with Crippen LogP contribution in [-0.2, 0) is 6.42 Å². The van der Waals surface area contributed by atoms with E-state index in [-0.39, 0.29) is 0 Å². The molecule has 1 fully saturated rings. The van der Waals surface area contributed by atoms with Crippen molar-refractivity contribution in [1.82, 2.24) is 4.90 Å². The lowest BCUT2D eigenvalue weighted by atomic mass is 9.99. The highest BCUT2D eigenvalue weighted by atomic mass is 16.3. The number of aliphatic hydroxyl groups is 1. The molecule has 1 heterocycles. The predicted molar refractivity (Wildman–Crippen MR) is 75.6 cm³/mol. The monoisotopic (exact) mass is 247 g/mol. The van der Waals surface area contributed by atoms with Crippen molar-refractivity contribution >= 4 is 0 Å². The van der Waals surface area contributed by atoms with E-state index in [0.717, 1.165) is 13.0 Å². The lowest BCUT2D eigenvalue weighted by molar-refractivity contribution is 0.165. The van der Waals surface area contributed by atoms with Crippen molar-refractivity contribution in [1.29, 1.82) is 0 Å². The average Bonchev–Trinajstić information content (AvgIpc) is 2.68. The van der Waals surface area contributed by atoms with Crippen LogP contribution in [0.4, 0.5) is 0 Å². The van der Waals surface area contributed by atoms with Gasteiger partial charge >= 0.3 is 0 Å². The molecule has 1 atom stereocenters. The number of aliphatic hydroxyl groups excluding tert-OH is 1. The molecule has 0 bridgehead atoms. The Kier molecular flexibility index (Phi) is 5.69. The lowest BCUT2D eigenvalue weighted by Gasteiger charge is -2.25. The molecule has 1 N–H and O–H groups in total. The van der Waals surface area contributed by atoms with Gasteiger partial charge < -0.3 is 10.0 Å². The van der Waals surface area contributed by atoms with Crippen LogP contribution in [0.25, 0.3) is 0 Å². The quantitative estimate of drug-likeness (QED) is 0.865. The van der Waals surface area contributed by atoms with Gasteiger partial charge in [-0.3, -0.25) is 0 Å². The van der Waals surface area contributed by atoms with Crippen LogP contribution in [0.1, 0.15) is 31.2 Å². The summed E-state index contributed by atoms with van der Waals surface area (Å²) in [4.78, 5) is 2.54. The van der Waals surface area contributed by atoms with Crippen molar-refractivity contribution in [2.45, 2.75) is 32.1 Å². The van der Waals surface area contributed by atoms with E-state index in [1.54, 1.807) is 0 Å². The second-order valence-corrected chi connectivity index (χ2v) is 5.45. The molecule has 0 aromatic heterocycles. The topological polar surface area (TPSA) is 23.5 Å². The molecule has 1 unspecified atom stereocenters. The van der Waals surface area contributed by atoms with Crippen molar-refractivity contribution < 1.29 is 5.11 Å². The summed E-state index contributed by atoms with van der Waals surface area (Å²) in [6.45, 7) is 3.77. The zero-order valence-electron chi connectivity index (χ0n) is 11.2. The van der Waals surface area contributed by atoms with Gasteiger partial charge in [0.25, 0.3) is 0 Å². The van der Waals surface area contributed by atoms with Crippen LogP contribution in [0.15, 0.2) is 30.3 Å². The van der Waals surface area contributed by atoms with Crippen LogP contribution in [0.2, 0.25) is 0 Å². The number of hydrogen-bond acceptors (Lipinski definition) is 2. The largest absolute Gasteiger partial charge is 0.396 e. The highest BCUT2D eigenvalue weighted by Crippen LogP contribution is 2.14. The number of likely N-dealkylation sites (tertiary alicyclic amines) is 1. The number of hydrogen-bond donors (Lipinski definition) is 1. The van der Waals surface area contributed by atoms with Crippen LogP contribution < -0.4 is 0 Å². The molecule has 1 aliphatic rings. The van der Waals surface area contributed by atoms with E-state index in [1.165, 1.54) is 44.3 Å². The first-order valence-electron chi connectivity index (χ1n) is 7.25. The van der Waals surface area contributed by atoms with Gasteiger partial charge in [0.05, 0.1) is 0 Å². The molecule has 2 heteroatoms. The fourth-order valence-electron chi connectivity index (χ4n) is 2.82. The van der Waals surface area contributed by atoms with Crippen LogP contribution in [0.3, 0.4) is 0 Å². The third-order valence-corrected chi connectivity index (χ3v) is 3.84. The maximum absolute atomic E-state index is 9.56. The summed E-state index contributed by atoms with van der Waals surface area (Å²) in [6.07, 6.45) is 6.39. The van der Waals surface area contributed by atoms with Crippen molar-refractivity contribution in [3.05, 3.63) is 35.9 Å². The van der Waals surface area contributed by atoms with Gasteiger partial charge in [-0.15, -0.1) is 0 Å². The Hall–Kier alpha value is -0.860. The van der Waals surface area contributed by atoms with E-state index in [1.807, 2.05) is 6.07 Å². The first kappa shape index (κ1) is 13.6. The summed E-state index contributed by atoms with van der Waals surface area (Å²) >= 11 is 0. The summed E-state index contributed by atoms with van der Waals surface area (Å²) in [5.41, 5.74) is 1.34. The molecule has 0 spiro atoms. The molecule has 0 amide bonds. The van der Waals surface area contributed by atoms with E-state index >= 15 is 0 Å². The van der Waals surface area contributed by atoms with E-state index < -0.39 is 0 Å². The molecular formula is C16H25NO. The lowest BCUT2D eigenvalue weighted by Crippen LogP contribution is -2.32. The van der Waals surface area contributed by atoms with E-state index in [4.69, 9.17) is 0 Å². The molecule has 0 radical (unpaired) electrons. The molecule has 18 heavy (non-hydrogen) atoms.